The Morgan fingerprint density at radius 2 is 2.02 bits per heavy atom. The zero-order chi connectivity index (χ0) is 28.6. The number of halogens is 3. The minimum Gasteiger partial charge on any atom is -0.478 e. The van der Waals surface area contributed by atoms with E-state index < -0.39 is 29.2 Å². The Kier molecular flexibility index (Phi) is 7.05. The third-order valence-electron chi connectivity index (χ3n) is 8.89. The highest BCUT2D eigenvalue weighted by atomic mass is 35.5. The number of aromatic carboxylic acids is 1. The van der Waals surface area contributed by atoms with Gasteiger partial charge in [-0.25, -0.2) is 14.2 Å². The molecule has 8 nitrogen and oxygen atoms in total. The van der Waals surface area contributed by atoms with E-state index in [2.05, 4.69) is 14.8 Å². The number of methoxy groups -OCH3 is 1. The fourth-order valence-electron chi connectivity index (χ4n) is 7.40. The summed E-state index contributed by atoms with van der Waals surface area (Å²) in [5, 5.41) is 13.1. The van der Waals surface area contributed by atoms with Gasteiger partial charge in [0.1, 0.15) is 17.2 Å². The number of carbonyl (C=O) groups is 2. The molecule has 1 fully saturated rings. The Morgan fingerprint density at radius 3 is 2.79 bits per heavy atom. The first-order valence-corrected chi connectivity index (χ1v) is 14.1. The zero-order valence-electron chi connectivity index (χ0n) is 21.9. The molecule has 1 amide bonds. The molecule has 218 valence electrons. The molecule has 1 aromatic heterocycles. The minimum atomic E-state index is -1.31. The molecule has 0 saturated carbocycles. The SMILES string of the molecule is C.COCCN1[C@H]2CCn3c(nc4cc(C(=O)O)ccc43)[C@H]2[C@H](c2cccc(Cl)c2F)[C@]12C(=O)Nc1cc(Cl)ccc12. The number of anilines is 1. The van der Waals surface area contributed by atoms with Gasteiger partial charge in [-0.15, -0.1) is 0 Å². The van der Waals surface area contributed by atoms with Crippen LogP contribution in [0.1, 0.15) is 53.0 Å². The smallest absolute Gasteiger partial charge is 0.335 e. The van der Waals surface area contributed by atoms with Crippen molar-refractivity contribution < 1.29 is 23.8 Å². The number of aryl methyl sites for hydroxylation is 1. The maximum atomic E-state index is 16.1. The number of carboxylic acids is 1. The standard InChI is InChI=1S/C30H25Cl2FN4O4.CH4/c1-41-12-11-37-23-9-10-36-22-8-5-15(28(38)39)13-21(22)34-27(36)24(23)25(17-3-2-4-19(32)26(17)33)30(37)18-7-6-16(31)14-20(18)35-29(30)40;/h2-8,13-14,23-25H,9-12H2,1H3,(H,35,40)(H,38,39);1H4/t23-,24+,25-,30+;/m0./s1. The number of hydrogen-bond acceptors (Lipinski definition) is 5. The van der Waals surface area contributed by atoms with E-state index in [4.69, 9.17) is 32.9 Å². The van der Waals surface area contributed by atoms with Crippen molar-refractivity contribution in [3.63, 3.8) is 0 Å². The molecule has 3 aliphatic heterocycles. The summed E-state index contributed by atoms with van der Waals surface area (Å²) in [6.45, 7) is 1.36. The number of likely N-dealkylation sites (tertiary alicyclic amines) is 1. The Labute approximate surface area is 252 Å². The average molecular weight is 612 g/mol. The van der Waals surface area contributed by atoms with Crippen LogP contribution in [-0.2, 0) is 21.6 Å². The lowest BCUT2D eigenvalue weighted by molar-refractivity contribution is -0.128. The number of carboxylic acid groups (broad SMARTS) is 1. The number of fused-ring (bicyclic) bond motifs is 7. The van der Waals surface area contributed by atoms with Crippen molar-refractivity contribution in [3.8, 4) is 0 Å². The quantitative estimate of drug-likeness (QED) is 0.277. The van der Waals surface area contributed by atoms with Gasteiger partial charge >= 0.3 is 5.97 Å². The van der Waals surface area contributed by atoms with E-state index in [9.17, 15) is 14.7 Å². The van der Waals surface area contributed by atoms with Crippen molar-refractivity contribution in [1.82, 2.24) is 14.5 Å². The Morgan fingerprint density at radius 1 is 1.21 bits per heavy atom. The summed E-state index contributed by atoms with van der Waals surface area (Å²) in [6, 6.07) is 14.9. The van der Waals surface area contributed by atoms with Gasteiger partial charge < -0.3 is 19.7 Å². The van der Waals surface area contributed by atoms with Crippen LogP contribution in [0.4, 0.5) is 10.1 Å². The summed E-state index contributed by atoms with van der Waals surface area (Å²) in [5.41, 5.74) is 1.76. The number of carbonyl (C=O) groups excluding carboxylic acids is 1. The van der Waals surface area contributed by atoms with Gasteiger partial charge in [0.15, 0.2) is 0 Å². The molecular weight excluding hydrogens is 582 g/mol. The van der Waals surface area contributed by atoms with Gasteiger partial charge in [0.25, 0.3) is 0 Å². The molecule has 0 bridgehead atoms. The maximum Gasteiger partial charge on any atom is 0.335 e. The first-order chi connectivity index (χ1) is 19.8. The molecular formula is C31H29Cl2FN4O4. The summed E-state index contributed by atoms with van der Waals surface area (Å²) >= 11 is 12.7. The third-order valence-corrected chi connectivity index (χ3v) is 9.41. The summed E-state index contributed by atoms with van der Waals surface area (Å²) in [7, 11) is 1.61. The molecule has 1 saturated heterocycles. The maximum absolute atomic E-state index is 16.1. The molecule has 11 heteroatoms. The van der Waals surface area contributed by atoms with E-state index in [0.717, 1.165) is 5.52 Å². The van der Waals surface area contributed by atoms with Gasteiger partial charge in [0.2, 0.25) is 5.91 Å². The summed E-state index contributed by atoms with van der Waals surface area (Å²) in [4.78, 5) is 33.2. The summed E-state index contributed by atoms with van der Waals surface area (Å²) in [6.07, 6.45) is 0.657. The van der Waals surface area contributed by atoms with Crippen molar-refractivity contribution in [2.45, 2.75) is 43.8 Å². The number of imidazole rings is 1. The van der Waals surface area contributed by atoms with Gasteiger partial charge in [0, 0.05) is 54.4 Å². The molecule has 3 aliphatic rings. The van der Waals surface area contributed by atoms with Gasteiger partial charge in [-0.3, -0.25) is 9.69 Å². The van der Waals surface area contributed by atoms with E-state index in [1.54, 1.807) is 49.6 Å². The second kappa shape index (κ2) is 10.3. The van der Waals surface area contributed by atoms with Crippen LogP contribution >= 0.6 is 23.2 Å². The monoisotopic (exact) mass is 610 g/mol. The van der Waals surface area contributed by atoms with Crippen molar-refractivity contribution in [1.29, 1.82) is 0 Å². The number of rotatable bonds is 5. The van der Waals surface area contributed by atoms with E-state index in [1.807, 2.05) is 6.07 Å². The van der Waals surface area contributed by atoms with E-state index in [1.165, 1.54) is 6.07 Å². The number of amides is 1. The van der Waals surface area contributed by atoms with Crippen LogP contribution in [0.2, 0.25) is 10.0 Å². The third kappa shape index (κ3) is 3.84. The number of nitrogens with one attached hydrogen (secondary N) is 1. The van der Waals surface area contributed by atoms with Crippen LogP contribution in [0.3, 0.4) is 0 Å². The van der Waals surface area contributed by atoms with Crippen molar-refractivity contribution >= 4 is 51.8 Å². The fraction of sp³-hybridized carbons (Fsp3) is 0.323. The summed E-state index contributed by atoms with van der Waals surface area (Å²) < 4.78 is 23.7. The summed E-state index contributed by atoms with van der Waals surface area (Å²) in [5.74, 6) is -2.37. The minimum absolute atomic E-state index is 0. The van der Waals surface area contributed by atoms with Gasteiger partial charge in [-0.2, -0.15) is 0 Å². The van der Waals surface area contributed by atoms with Crippen LogP contribution in [0.15, 0.2) is 54.6 Å². The molecule has 0 radical (unpaired) electrons. The molecule has 4 atom stereocenters. The van der Waals surface area contributed by atoms with Crippen LogP contribution in [0.5, 0.6) is 0 Å². The molecule has 4 heterocycles. The zero-order valence-corrected chi connectivity index (χ0v) is 23.4. The molecule has 0 unspecified atom stereocenters. The topological polar surface area (TPSA) is 96.7 Å². The second-order valence-electron chi connectivity index (χ2n) is 10.7. The first kappa shape index (κ1) is 28.6. The van der Waals surface area contributed by atoms with Crippen LogP contribution in [0.25, 0.3) is 11.0 Å². The van der Waals surface area contributed by atoms with Gasteiger partial charge in [-0.05, 0) is 48.4 Å². The molecule has 2 N–H and O–H groups in total. The number of hydrogen-bond donors (Lipinski definition) is 2. The lowest BCUT2D eigenvalue weighted by Crippen LogP contribution is -2.53. The number of aromatic nitrogens is 2. The average Bonchev–Trinajstić information content (AvgIpc) is 3.56. The Hall–Kier alpha value is -3.50. The molecule has 3 aromatic carbocycles. The van der Waals surface area contributed by atoms with Crippen LogP contribution in [-0.4, -0.2) is 57.7 Å². The van der Waals surface area contributed by atoms with E-state index in [-0.39, 0.29) is 30.0 Å². The highest BCUT2D eigenvalue weighted by Crippen LogP contribution is 2.64. The number of nitrogens with zero attached hydrogens (tertiary/aromatic N) is 3. The predicted octanol–water partition coefficient (Wildman–Crippen LogP) is 6.27. The lowest BCUT2D eigenvalue weighted by atomic mass is 9.70. The largest absolute Gasteiger partial charge is 0.478 e. The molecule has 7 rings (SSSR count). The number of benzene rings is 3. The first-order valence-electron chi connectivity index (χ1n) is 13.3. The highest BCUT2D eigenvalue weighted by Gasteiger charge is 2.68. The van der Waals surface area contributed by atoms with Gasteiger partial charge in [0.05, 0.1) is 28.2 Å². The number of ether oxygens (including phenoxy) is 1. The molecule has 1 spiro atoms. The predicted molar refractivity (Wildman–Crippen MR) is 159 cm³/mol. The van der Waals surface area contributed by atoms with Crippen molar-refractivity contribution in [2.75, 3.05) is 25.6 Å². The molecule has 42 heavy (non-hydrogen) atoms. The fourth-order valence-corrected chi connectivity index (χ4v) is 7.76. The van der Waals surface area contributed by atoms with Crippen LogP contribution < -0.4 is 5.32 Å². The highest BCUT2D eigenvalue weighted by molar-refractivity contribution is 6.31. The van der Waals surface area contributed by atoms with E-state index in [0.29, 0.717) is 59.3 Å². The Balaban J connectivity index is 0.00000316. The molecule has 4 aromatic rings. The normalized spacial score (nSPS) is 24.3. The second-order valence-corrected chi connectivity index (χ2v) is 11.6. The van der Waals surface area contributed by atoms with Crippen molar-refractivity contribution in [2.24, 2.45) is 0 Å². The van der Waals surface area contributed by atoms with E-state index >= 15 is 4.39 Å². The van der Waals surface area contributed by atoms with Crippen molar-refractivity contribution in [3.05, 3.63) is 93.0 Å². The van der Waals surface area contributed by atoms with Crippen LogP contribution in [0, 0.1) is 5.82 Å². The lowest BCUT2D eigenvalue weighted by Gasteiger charge is -2.39. The molecule has 0 aliphatic carbocycles. The van der Waals surface area contributed by atoms with Gasteiger partial charge in [-0.1, -0.05) is 48.8 Å². The Bertz CT molecular complexity index is 1760.